The summed E-state index contributed by atoms with van der Waals surface area (Å²) >= 11 is 0. The molecule has 0 rings (SSSR count). The number of ether oxygens (including phenoxy) is 1. The van der Waals surface area contributed by atoms with Crippen LogP contribution < -0.4 is 0 Å². The number of nitrogens with zero attached hydrogens (tertiary/aromatic N) is 1. The van der Waals surface area contributed by atoms with Crippen LogP contribution in [0, 0.1) is 0 Å². The van der Waals surface area contributed by atoms with Crippen molar-refractivity contribution in [1.82, 2.24) is 4.90 Å². The van der Waals surface area contributed by atoms with Crippen LogP contribution in [0.25, 0.3) is 0 Å². The lowest BCUT2D eigenvalue weighted by Gasteiger charge is -2.22. The third kappa shape index (κ3) is 5.64. The molecule has 13 heavy (non-hydrogen) atoms. The summed E-state index contributed by atoms with van der Waals surface area (Å²) in [7, 11) is 3.52. The third-order valence-corrected chi connectivity index (χ3v) is 2.46. The lowest BCUT2D eigenvalue weighted by molar-refractivity contribution is -0.140. The van der Waals surface area contributed by atoms with Gasteiger partial charge in [0.2, 0.25) is 0 Å². The van der Waals surface area contributed by atoms with Crippen LogP contribution in [-0.4, -0.2) is 37.6 Å². The molecule has 3 nitrogen and oxygen atoms in total. The van der Waals surface area contributed by atoms with Crippen LogP contribution in [-0.2, 0) is 9.53 Å². The molecule has 0 aromatic carbocycles. The Morgan fingerprint density at radius 3 is 2.62 bits per heavy atom. The molecule has 3 heteroatoms. The fourth-order valence-corrected chi connectivity index (χ4v) is 1.11. The van der Waals surface area contributed by atoms with Crippen molar-refractivity contribution in [3.63, 3.8) is 0 Å². The highest BCUT2D eigenvalue weighted by atomic mass is 16.5. The van der Waals surface area contributed by atoms with E-state index in [0.29, 0.717) is 12.5 Å². The van der Waals surface area contributed by atoms with Crippen LogP contribution in [0.4, 0.5) is 0 Å². The summed E-state index contributed by atoms with van der Waals surface area (Å²) in [4.78, 5) is 13.1. The summed E-state index contributed by atoms with van der Waals surface area (Å²) in [5.74, 6) is -0.113. The maximum absolute atomic E-state index is 10.8. The van der Waals surface area contributed by atoms with E-state index < -0.39 is 0 Å². The second-order valence-corrected chi connectivity index (χ2v) is 3.42. The molecule has 0 aromatic heterocycles. The van der Waals surface area contributed by atoms with Crippen molar-refractivity contribution in [1.29, 1.82) is 0 Å². The maximum atomic E-state index is 10.8. The first kappa shape index (κ1) is 12.4. The fourth-order valence-electron chi connectivity index (χ4n) is 1.11. The highest BCUT2D eigenvalue weighted by molar-refractivity contribution is 5.69. The lowest BCUT2D eigenvalue weighted by Crippen LogP contribution is -2.29. The first-order valence-electron chi connectivity index (χ1n) is 4.88. The van der Waals surface area contributed by atoms with Crippen molar-refractivity contribution in [3.05, 3.63) is 0 Å². The van der Waals surface area contributed by atoms with Gasteiger partial charge in [-0.2, -0.15) is 0 Å². The first-order chi connectivity index (χ1) is 6.11. The lowest BCUT2D eigenvalue weighted by atomic mass is 10.2. The van der Waals surface area contributed by atoms with Crippen LogP contribution >= 0.6 is 0 Å². The molecule has 0 aliphatic carbocycles. The Bertz CT molecular complexity index is 148. The predicted molar refractivity (Wildman–Crippen MR) is 53.6 cm³/mol. The van der Waals surface area contributed by atoms with E-state index >= 15 is 0 Å². The number of hydrogen-bond donors (Lipinski definition) is 0. The molecule has 0 aromatic rings. The van der Waals surface area contributed by atoms with Crippen LogP contribution in [0.1, 0.15) is 33.1 Å². The minimum absolute atomic E-state index is 0.113. The zero-order valence-corrected chi connectivity index (χ0v) is 9.17. The van der Waals surface area contributed by atoms with E-state index in [2.05, 4.69) is 30.5 Å². The van der Waals surface area contributed by atoms with Gasteiger partial charge < -0.3 is 9.64 Å². The largest absolute Gasteiger partial charge is 0.469 e. The molecule has 0 saturated carbocycles. The molecule has 0 spiro atoms. The quantitative estimate of drug-likeness (QED) is 0.592. The van der Waals surface area contributed by atoms with E-state index in [9.17, 15) is 4.79 Å². The molecule has 0 bridgehead atoms. The van der Waals surface area contributed by atoms with Crippen molar-refractivity contribution in [2.24, 2.45) is 0 Å². The number of carbonyl (C=O) groups is 1. The van der Waals surface area contributed by atoms with E-state index in [1.54, 1.807) is 0 Å². The third-order valence-electron chi connectivity index (χ3n) is 2.46. The minimum atomic E-state index is -0.113. The molecule has 0 aliphatic heterocycles. The van der Waals surface area contributed by atoms with Gasteiger partial charge >= 0.3 is 5.97 Å². The standard InChI is InChI=1S/C10H21NO2/c1-5-9(2)11(3)8-6-7-10(12)13-4/h9H,5-8H2,1-4H3. The van der Waals surface area contributed by atoms with Gasteiger partial charge in [0.25, 0.3) is 0 Å². The van der Waals surface area contributed by atoms with E-state index in [-0.39, 0.29) is 5.97 Å². The normalized spacial score (nSPS) is 13.0. The van der Waals surface area contributed by atoms with Crippen molar-refractivity contribution in [2.45, 2.75) is 39.2 Å². The SMILES string of the molecule is CCC(C)N(C)CCCC(=O)OC. The Kier molecular flexibility index (Phi) is 6.59. The molecule has 0 saturated heterocycles. The average molecular weight is 187 g/mol. The van der Waals surface area contributed by atoms with Crippen molar-refractivity contribution >= 4 is 5.97 Å². The minimum Gasteiger partial charge on any atom is -0.469 e. The van der Waals surface area contributed by atoms with E-state index in [4.69, 9.17) is 0 Å². The highest BCUT2D eigenvalue weighted by Gasteiger charge is 2.07. The summed E-state index contributed by atoms with van der Waals surface area (Å²) in [5.41, 5.74) is 0. The zero-order chi connectivity index (χ0) is 10.3. The van der Waals surface area contributed by atoms with Crippen LogP contribution in [0.15, 0.2) is 0 Å². The second kappa shape index (κ2) is 6.89. The van der Waals surface area contributed by atoms with Gasteiger partial charge in [-0.1, -0.05) is 6.92 Å². The molecule has 1 atom stereocenters. The fraction of sp³-hybridized carbons (Fsp3) is 0.900. The Morgan fingerprint density at radius 1 is 1.54 bits per heavy atom. The monoisotopic (exact) mass is 187 g/mol. The molecule has 0 fully saturated rings. The molecule has 0 heterocycles. The number of hydrogen-bond acceptors (Lipinski definition) is 3. The molecule has 78 valence electrons. The van der Waals surface area contributed by atoms with Gasteiger partial charge in [-0.3, -0.25) is 4.79 Å². The summed E-state index contributed by atoms with van der Waals surface area (Å²) in [6.45, 7) is 5.32. The van der Waals surface area contributed by atoms with Crippen molar-refractivity contribution in [3.8, 4) is 0 Å². The van der Waals surface area contributed by atoms with Gasteiger partial charge in [0.15, 0.2) is 0 Å². The molecule has 0 aliphatic rings. The van der Waals surface area contributed by atoms with Gasteiger partial charge in [0.05, 0.1) is 7.11 Å². The van der Waals surface area contributed by atoms with Crippen molar-refractivity contribution < 1.29 is 9.53 Å². The number of esters is 1. The summed E-state index contributed by atoms with van der Waals surface area (Å²) in [5, 5.41) is 0. The van der Waals surface area contributed by atoms with Crippen molar-refractivity contribution in [2.75, 3.05) is 20.7 Å². The molecule has 1 unspecified atom stereocenters. The maximum Gasteiger partial charge on any atom is 0.305 e. The van der Waals surface area contributed by atoms with Gasteiger partial charge in [0, 0.05) is 12.5 Å². The van der Waals surface area contributed by atoms with Crippen LogP contribution in [0.3, 0.4) is 0 Å². The molecule has 0 amide bonds. The predicted octanol–water partition coefficient (Wildman–Crippen LogP) is 1.67. The van der Waals surface area contributed by atoms with Gasteiger partial charge in [-0.05, 0) is 33.4 Å². The van der Waals surface area contributed by atoms with Gasteiger partial charge in [0.1, 0.15) is 0 Å². The molecular weight excluding hydrogens is 166 g/mol. The second-order valence-electron chi connectivity index (χ2n) is 3.42. The summed E-state index contributed by atoms with van der Waals surface area (Å²) in [6.07, 6.45) is 2.56. The van der Waals surface area contributed by atoms with Gasteiger partial charge in [-0.15, -0.1) is 0 Å². The zero-order valence-electron chi connectivity index (χ0n) is 9.17. The molecular formula is C10H21NO2. The number of methoxy groups -OCH3 is 1. The smallest absolute Gasteiger partial charge is 0.305 e. The van der Waals surface area contributed by atoms with Crippen LogP contribution in [0.5, 0.6) is 0 Å². The first-order valence-corrected chi connectivity index (χ1v) is 4.88. The Hall–Kier alpha value is -0.570. The van der Waals surface area contributed by atoms with E-state index in [1.165, 1.54) is 7.11 Å². The highest BCUT2D eigenvalue weighted by Crippen LogP contribution is 2.02. The molecule has 0 N–H and O–H groups in total. The Morgan fingerprint density at radius 2 is 2.15 bits per heavy atom. The Balaban J connectivity index is 3.47. The van der Waals surface area contributed by atoms with Crippen LogP contribution in [0.2, 0.25) is 0 Å². The average Bonchev–Trinajstić information content (AvgIpc) is 2.15. The number of rotatable bonds is 6. The topological polar surface area (TPSA) is 29.5 Å². The van der Waals surface area contributed by atoms with Gasteiger partial charge in [-0.25, -0.2) is 0 Å². The van der Waals surface area contributed by atoms with E-state index in [1.807, 2.05) is 0 Å². The summed E-state index contributed by atoms with van der Waals surface area (Å²) in [6, 6.07) is 0.595. The number of carbonyl (C=O) groups excluding carboxylic acids is 1. The Labute approximate surface area is 81.1 Å². The summed E-state index contributed by atoms with van der Waals surface area (Å²) < 4.78 is 4.56. The molecule has 0 radical (unpaired) electrons. The van der Waals surface area contributed by atoms with E-state index in [0.717, 1.165) is 19.4 Å².